The highest BCUT2D eigenvalue weighted by Gasteiger charge is 1.98. The highest BCUT2D eigenvalue weighted by molar-refractivity contribution is 5.51. The molecule has 64 valence electrons. The van der Waals surface area contributed by atoms with Crippen LogP contribution in [0, 0.1) is 0 Å². The molecule has 0 heterocycles. The van der Waals surface area contributed by atoms with Crippen LogP contribution in [0.4, 0.5) is 5.69 Å². The summed E-state index contributed by atoms with van der Waals surface area (Å²) in [5, 5.41) is 0. The lowest BCUT2D eigenvalue weighted by molar-refractivity contribution is 0.414. The number of methoxy groups -OCH3 is 1. The van der Waals surface area contributed by atoms with Crippen LogP contribution in [-0.2, 0) is 6.42 Å². The van der Waals surface area contributed by atoms with Crippen molar-refractivity contribution in [3.8, 4) is 5.75 Å². The lowest BCUT2D eigenvalue weighted by atomic mass is 10.1. The summed E-state index contributed by atoms with van der Waals surface area (Å²) in [6, 6.07) is 5.62. The molecule has 0 saturated carbocycles. The SMILES string of the molecule is C=CCc1cc(OC)ccc1N. The molecule has 0 fully saturated rings. The van der Waals surface area contributed by atoms with Gasteiger partial charge in [0.05, 0.1) is 7.11 Å². The summed E-state index contributed by atoms with van der Waals surface area (Å²) in [6.45, 7) is 3.66. The van der Waals surface area contributed by atoms with Crippen molar-refractivity contribution in [3.05, 3.63) is 36.4 Å². The van der Waals surface area contributed by atoms with Gasteiger partial charge in [0.25, 0.3) is 0 Å². The Morgan fingerprint density at radius 1 is 1.58 bits per heavy atom. The summed E-state index contributed by atoms with van der Waals surface area (Å²) < 4.78 is 5.07. The number of nitrogens with two attached hydrogens (primary N) is 1. The van der Waals surface area contributed by atoms with Crippen molar-refractivity contribution in [3.63, 3.8) is 0 Å². The van der Waals surface area contributed by atoms with Gasteiger partial charge in [0.15, 0.2) is 0 Å². The fraction of sp³-hybridized carbons (Fsp3) is 0.200. The Labute approximate surface area is 72.7 Å². The molecule has 0 aliphatic carbocycles. The van der Waals surface area contributed by atoms with Gasteiger partial charge in [0, 0.05) is 5.69 Å². The van der Waals surface area contributed by atoms with Crippen LogP contribution < -0.4 is 10.5 Å². The largest absolute Gasteiger partial charge is 0.497 e. The minimum absolute atomic E-state index is 0.781. The maximum atomic E-state index is 5.73. The van der Waals surface area contributed by atoms with E-state index in [0.717, 1.165) is 23.4 Å². The third-order valence-electron chi connectivity index (χ3n) is 1.71. The molecule has 0 atom stereocenters. The van der Waals surface area contributed by atoms with Crippen LogP contribution in [0.1, 0.15) is 5.56 Å². The third-order valence-corrected chi connectivity index (χ3v) is 1.71. The summed E-state index contributed by atoms with van der Waals surface area (Å²) in [6.07, 6.45) is 2.61. The van der Waals surface area contributed by atoms with Gasteiger partial charge in [0.1, 0.15) is 5.75 Å². The van der Waals surface area contributed by atoms with Crippen molar-refractivity contribution in [1.29, 1.82) is 0 Å². The van der Waals surface area contributed by atoms with E-state index in [2.05, 4.69) is 6.58 Å². The first-order valence-corrected chi connectivity index (χ1v) is 3.81. The minimum atomic E-state index is 0.781. The van der Waals surface area contributed by atoms with Crippen LogP contribution in [0.2, 0.25) is 0 Å². The van der Waals surface area contributed by atoms with E-state index in [4.69, 9.17) is 10.5 Å². The van der Waals surface area contributed by atoms with Crippen LogP contribution in [0.3, 0.4) is 0 Å². The van der Waals surface area contributed by atoms with Crippen LogP contribution in [0.25, 0.3) is 0 Å². The van der Waals surface area contributed by atoms with Crippen molar-refractivity contribution in [1.82, 2.24) is 0 Å². The molecule has 1 aromatic carbocycles. The first kappa shape index (κ1) is 8.65. The standard InChI is InChI=1S/C10H13NO/c1-3-4-8-7-9(12-2)5-6-10(8)11/h3,5-7H,1,4,11H2,2H3. The molecule has 0 bridgehead atoms. The Morgan fingerprint density at radius 2 is 2.33 bits per heavy atom. The number of hydrogen-bond acceptors (Lipinski definition) is 2. The predicted molar refractivity (Wildman–Crippen MR) is 51.3 cm³/mol. The van der Waals surface area contributed by atoms with E-state index in [1.165, 1.54) is 0 Å². The van der Waals surface area contributed by atoms with E-state index in [9.17, 15) is 0 Å². The normalized spacial score (nSPS) is 9.42. The lowest BCUT2D eigenvalue weighted by Gasteiger charge is -2.05. The molecule has 1 rings (SSSR count). The van der Waals surface area contributed by atoms with E-state index < -0.39 is 0 Å². The molecule has 0 aliphatic rings. The third kappa shape index (κ3) is 1.78. The summed E-state index contributed by atoms with van der Waals surface area (Å²) in [5.41, 5.74) is 7.57. The predicted octanol–water partition coefficient (Wildman–Crippen LogP) is 2.01. The van der Waals surface area contributed by atoms with E-state index >= 15 is 0 Å². The molecular weight excluding hydrogens is 150 g/mol. The first-order valence-electron chi connectivity index (χ1n) is 3.81. The molecule has 0 radical (unpaired) electrons. The van der Waals surface area contributed by atoms with Crippen molar-refractivity contribution >= 4 is 5.69 Å². The molecule has 0 unspecified atom stereocenters. The molecule has 0 spiro atoms. The Bertz CT molecular complexity index is 281. The van der Waals surface area contributed by atoms with Gasteiger partial charge in [-0.3, -0.25) is 0 Å². The summed E-state index contributed by atoms with van der Waals surface area (Å²) in [7, 11) is 1.64. The van der Waals surface area contributed by atoms with Gasteiger partial charge in [-0.1, -0.05) is 6.08 Å². The highest BCUT2D eigenvalue weighted by Crippen LogP contribution is 2.19. The molecule has 2 N–H and O–H groups in total. The fourth-order valence-electron chi connectivity index (χ4n) is 1.04. The second kappa shape index (κ2) is 3.81. The average molecular weight is 163 g/mol. The van der Waals surface area contributed by atoms with E-state index in [-0.39, 0.29) is 0 Å². The van der Waals surface area contributed by atoms with E-state index in [0.29, 0.717) is 0 Å². The topological polar surface area (TPSA) is 35.2 Å². The van der Waals surface area contributed by atoms with E-state index in [1.54, 1.807) is 7.11 Å². The van der Waals surface area contributed by atoms with Crippen LogP contribution >= 0.6 is 0 Å². The molecular formula is C10H13NO. The number of rotatable bonds is 3. The van der Waals surface area contributed by atoms with Gasteiger partial charge in [-0.25, -0.2) is 0 Å². The zero-order valence-corrected chi connectivity index (χ0v) is 7.21. The van der Waals surface area contributed by atoms with Gasteiger partial charge in [-0.2, -0.15) is 0 Å². The number of benzene rings is 1. The molecule has 0 amide bonds. The molecule has 2 heteroatoms. The van der Waals surface area contributed by atoms with Crippen molar-refractivity contribution in [2.75, 3.05) is 12.8 Å². The molecule has 12 heavy (non-hydrogen) atoms. The molecule has 0 aliphatic heterocycles. The molecule has 2 nitrogen and oxygen atoms in total. The first-order chi connectivity index (χ1) is 5.77. The van der Waals surface area contributed by atoms with Crippen molar-refractivity contribution in [2.45, 2.75) is 6.42 Å². The summed E-state index contributed by atoms with van der Waals surface area (Å²) >= 11 is 0. The Morgan fingerprint density at radius 3 is 2.92 bits per heavy atom. The molecule has 1 aromatic rings. The minimum Gasteiger partial charge on any atom is -0.497 e. The van der Waals surface area contributed by atoms with Crippen LogP contribution in [0.5, 0.6) is 5.75 Å². The quantitative estimate of drug-likeness (QED) is 0.546. The zero-order valence-electron chi connectivity index (χ0n) is 7.21. The zero-order chi connectivity index (χ0) is 8.97. The summed E-state index contributed by atoms with van der Waals surface area (Å²) in [5.74, 6) is 0.834. The van der Waals surface area contributed by atoms with Gasteiger partial charge in [-0.15, -0.1) is 6.58 Å². The second-order valence-electron chi connectivity index (χ2n) is 2.56. The monoisotopic (exact) mass is 163 g/mol. The fourth-order valence-corrected chi connectivity index (χ4v) is 1.04. The van der Waals surface area contributed by atoms with Crippen LogP contribution in [-0.4, -0.2) is 7.11 Å². The number of nitrogen functional groups attached to an aromatic ring is 1. The number of anilines is 1. The Hall–Kier alpha value is -1.44. The van der Waals surface area contributed by atoms with E-state index in [1.807, 2.05) is 24.3 Å². The number of allylic oxidation sites excluding steroid dienone is 1. The highest BCUT2D eigenvalue weighted by atomic mass is 16.5. The van der Waals surface area contributed by atoms with Gasteiger partial charge in [0.2, 0.25) is 0 Å². The second-order valence-corrected chi connectivity index (χ2v) is 2.56. The van der Waals surface area contributed by atoms with Crippen molar-refractivity contribution < 1.29 is 4.74 Å². The summed E-state index contributed by atoms with van der Waals surface area (Å²) in [4.78, 5) is 0. The maximum Gasteiger partial charge on any atom is 0.119 e. The smallest absolute Gasteiger partial charge is 0.119 e. The maximum absolute atomic E-state index is 5.73. The Kier molecular flexibility index (Phi) is 2.75. The van der Waals surface area contributed by atoms with Gasteiger partial charge in [-0.05, 0) is 30.2 Å². The van der Waals surface area contributed by atoms with Crippen LogP contribution in [0.15, 0.2) is 30.9 Å². The van der Waals surface area contributed by atoms with Crippen molar-refractivity contribution in [2.24, 2.45) is 0 Å². The number of hydrogen-bond donors (Lipinski definition) is 1. The molecule has 0 saturated heterocycles. The Balaban J connectivity index is 2.99. The number of ether oxygens (including phenoxy) is 1. The van der Waals surface area contributed by atoms with Gasteiger partial charge >= 0.3 is 0 Å². The lowest BCUT2D eigenvalue weighted by Crippen LogP contribution is -1.93. The van der Waals surface area contributed by atoms with Gasteiger partial charge < -0.3 is 10.5 Å². The molecule has 0 aromatic heterocycles. The average Bonchev–Trinajstić information content (AvgIpc) is 2.09.